The number of aromatic hydroxyl groups is 2. The van der Waals surface area contributed by atoms with Gasteiger partial charge in [-0.05, 0) is 36.2 Å². The van der Waals surface area contributed by atoms with Crippen LogP contribution < -0.4 is 4.74 Å². The normalized spacial score (nSPS) is 18.8. The number of hydrogen-bond acceptors (Lipinski definition) is 5. The minimum atomic E-state index is -1.18. The smallest absolute Gasteiger partial charge is 0.340 e. The lowest BCUT2D eigenvalue weighted by Crippen LogP contribution is -2.33. The molecule has 5 rings (SSSR count). The Kier molecular flexibility index (Phi) is 3.43. The van der Waals surface area contributed by atoms with Crippen LogP contribution in [0, 0.1) is 0 Å². The Morgan fingerprint density at radius 1 is 0.929 bits per heavy atom. The summed E-state index contributed by atoms with van der Waals surface area (Å²) in [6.07, 6.45) is 1.55. The van der Waals surface area contributed by atoms with Crippen LogP contribution in [0.4, 0.5) is 0 Å². The number of esters is 1. The van der Waals surface area contributed by atoms with E-state index in [9.17, 15) is 15.0 Å². The van der Waals surface area contributed by atoms with Gasteiger partial charge in [-0.2, -0.15) is 0 Å². The summed E-state index contributed by atoms with van der Waals surface area (Å²) < 4.78 is 12.0. The van der Waals surface area contributed by atoms with E-state index in [2.05, 4.69) is 0 Å². The number of ether oxygens (including phenoxy) is 2. The molecule has 5 nitrogen and oxygen atoms in total. The minimum absolute atomic E-state index is 0.0433. The van der Waals surface area contributed by atoms with Crippen molar-refractivity contribution in [2.24, 2.45) is 0 Å². The van der Waals surface area contributed by atoms with Crippen LogP contribution in [0.25, 0.3) is 0 Å². The van der Waals surface area contributed by atoms with Crippen molar-refractivity contribution in [2.45, 2.75) is 25.4 Å². The van der Waals surface area contributed by atoms with Gasteiger partial charge in [0.15, 0.2) is 5.60 Å². The van der Waals surface area contributed by atoms with Crippen molar-refractivity contribution >= 4 is 5.97 Å². The van der Waals surface area contributed by atoms with Crippen LogP contribution in [0.3, 0.4) is 0 Å². The first kappa shape index (κ1) is 16.7. The quantitative estimate of drug-likeness (QED) is 0.640. The monoisotopic (exact) mass is 374 g/mol. The number of phenolic OH excluding ortho intramolecular Hbond substituents is 2. The Bertz CT molecular complexity index is 1130. The van der Waals surface area contributed by atoms with Crippen LogP contribution in [0.5, 0.6) is 23.0 Å². The van der Waals surface area contributed by atoms with Gasteiger partial charge >= 0.3 is 5.97 Å². The Hall–Kier alpha value is -3.47. The minimum Gasteiger partial charge on any atom is -0.508 e. The molecule has 1 spiro atoms. The highest BCUT2D eigenvalue weighted by atomic mass is 16.6. The van der Waals surface area contributed by atoms with Crippen molar-refractivity contribution in [1.29, 1.82) is 0 Å². The maximum Gasteiger partial charge on any atom is 0.340 e. The van der Waals surface area contributed by atoms with Crippen molar-refractivity contribution < 1.29 is 24.5 Å². The Morgan fingerprint density at radius 3 is 2.54 bits per heavy atom. The molecule has 5 heteroatoms. The van der Waals surface area contributed by atoms with Crippen molar-refractivity contribution in [3.63, 3.8) is 0 Å². The molecule has 0 fully saturated rings. The van der Waals surface area contributed by atoms with E-state index in [1.165, 1.54) is 6.07 Å². The topological polar surface area (TPSA) is 76.0 Å². The fraction of sp³-hybridized carbons (Fsp3) is 0.174. The molecule has 2 aliphatic heterocycles. The molecule has 2 heterocycles. The number of hydrogen-bond donors (Lipinski definition) is 2. The third-order valence-electron chi connectivity index (χ3n) is 5.42. The van der Waals surface area contributed by atoms with E-state index in [4.69, 9.17) is 9.47 Å². The van der Waals surface area contributed by atoms with Crippen molar-refractivity contribution in [1.82, 2.24) is 0 Å². The fourth-order valence-corrected chi connectivity index (χ4v) is 4.21. The zero-order valence-electron chi connectivity index (χ0n) is 15.2. The van der Waals surface area contributed by atoms with Gasteiger partial charge in [0.1, 0.15) is 23.0 Å². The van der Waals surface area contributed by atoms with Gasteiger partial charge < -0.3 is 19.7 Å². The second-order valence-electron chi connectivity index (χ2n) is 7.13. The van der Waals surface area contributed by atoms with Crippen LogP contribution in [0.2, 0.25) is 0 Å². The summed E-state index contributed by atoms with van der Waals surface area (Å²) in [6.45, 7) is 2.04. The highest BCUT2D eigenvalue weighted by Crippen LogP contribution is 2.57. The SMILES string of the molecule is CCCc1cc2c(cc1O)Oc1cc(O)ccc1C21OC(=O)c2ccccc21. The number of aryl methyl sites for hydroxylation is 1. The molecule has 0 saturated carbocycles. The van der Waals surface area contributed by atoms with Crippen LogP contribution in [-0.4, -0.2) is 16.2 Å². The molecule has 3 aromatic carbocycles. The second kappa shape index (κ2) is 5.76. The molecule has 0 saturated heterocycles. The summed E-state index contributed by atoms with van der Waals surface area (Å²) in [5, 5.41) is 20.4. The van der Waals surface area contributed by atoms with E-state index in [1.54, 1.807) is 30.3 Å². The lowest BCUT2D eigenvalue weighted by Gasteiger charge is -2.37. The third kappa shape index (κ3) is 2.10. The highest BCUT2D eigenvalue weighted by molar-refractivity contribution is 5.97. The molecule has 3 aromatic rings. The van der Waals surface area contributed by atoms with Gasteiger partial charge in [-0.25, -0.2) is 4.79 Å². The molecule has 0 bridgehead atoms. The van der Waals surface area contributed by atoms with Crippen LogP contribution >= 0.6 is 0 Å². The summed E-state index contributed by atoms with van der Waals surface area (Å²) in [5.41, 5.74) is 2.13. The van der Waals surface area contributed by atoms with Gasteiger partial charge in [0, 0.05) is 28.8 Å². The summed E-state index contributed by atoms with van der Waals surface area (Å²) >= 11 is 0. The molecule has 0 radical (unpaired) electrons. The summed E-state index contributed by atoms with van der Waals surface area (Å²) in [6, 6.07) is 15.5. The molecular weight excluding hydrogens is 356 g/mol. The zero-order chi connectivity index (χ0) is 19.5. The summed E-state index contributed by atoms with van der Waals surface area (Å²) in [4.78, 5) is 12.7. The van der Waals surface area contributed by atoms with Crippen molar-refractivity contribution in [3.8, 4) is 23.0 Å². The Labute approximate surface area is 161 Å². The molecule has 28 heavy (non-hydrogen) atoms. The van der Waals surface area contributed by atoms with Gasteiger partial charge in [0.05, 0.1) is 5.56 Å². The lowest BCUT2D eigenvalue weighted by atomic mass is 9.77. The van der Waals surface area contributed by atoms with Crippen LogP contribution in [-0.2, 0) is 16.8 Å². The molecule has 1 atom stereocenters. The molecule has 2 aliphatic rings. The van der Waals surface area contributed by atoms with E-state index >= 15 is 0 Å². The zero-order valence-corrected chi connectivity index (χ0v) is 15.2. The van der Waals surface area contributed by atoms with Gasteiger partial charge in [-0.3, -0.25) is 0 Å². The molecule has 140 valence electrons. The van der Waals surface area contributed by atoms with E-state index in [0.717, 1.165) is 17.5 Å². The average molecular weight is 374 g/mol. The third-order valence-corrected chi connectivity index (χ3v) is 5.42. The number of phenols is 2. The predicted octanol–water partition coefficient (Wildman–Crippen LogP) is 4.62. The number of benzene rings is 3. The highest BCUT2D eigenvalue weighted by Gasteiger charge is 2.53. The number of carbonyl (C=O) groups is 1. The molecular formula is C23H18O5. The summed E-state index contributed by atoms with van der Waals surface area (Å²) in [5.74, 6) is 0.561. The molecule has 0 aliphatic carbocycles. The van der Waals surface area contributed by atoms with E-state index in [1.807, 2.05) is 25.1 Å². The van der Waals surface area contributed by atoms with Gasteiger partial charge in [0.25, 0.3) is 0 Å². The van der Waals surface area contributed by atoms with E-state index < -0.39 is 11.6 Å². The van der Waals surface area contributed by atoms with Crippen molar-refractivity contribution in [2.75, 3.05) is 0 Å². The van der Waals surface area contributed by atoms with Gasteiger partial charge in [0.2, 0.25) is 0 Å². The largest absolute Gasteiger partial charge is 0.508 e. The number of rotatable bonds is 2. The number of carbonyl (C=O) groups excluding carboxylic acids is 1. The average Bonchev–Trinajstić information content (AvgIpc) is 2.97. The van der Waals surface area contributed by atoms with Crippen LogP contribution in [0.1, 0.15) is 46.0 Å². The van der Waals surface area contributed by atoms with Crippen molar-refractivity contribution in [3.05, 3.63) is 82.4 Å². The summed E-state index contributed by atoms with van der Waals surface area (Å²) in [7, 11) is 0. The molecule has 0 amide bonds. The van der Waals surface area contributed by atoms with Gasteiger partial charge in [-0.1, -0.05) is 31.5 Å². The van der Waals surface area contributed by atoms with Crippen LogP contribution in [0.15, 0.2) is 54.6 Å². The second-order valence-corrected chi connectivity index (χ2v) is 7.13. The maximum absolute atomic E-state index is 12.7. The Morgan fingerprint density at radius 2 is 1.71 bits per heavy atom. The van der Waals surface area contributed by atoms with E-state index in [0.29, 0.717) is 34.6 Å². The standard InChI is InChI=1S/C23H18O5/c1-2-5-13-10-18-21(12-19(13)25)27-20-11-14(24)8-9-17(20)23(18)16-7-4-3-6-15(16)22(26)28-23/h3-4,6-12,24-25H,2,5H2,1H3. The first-order valence-corrected chi connectivity index (χ1v) is 9.25. The Balaban J connectivity index is 1.87. The predicted molar refractivity (Wildman–Crippen MR) is 102 cm³/mol. The lowest BCUT2D eigenvalue weighted by molar-refractivity contribution is 0.0224. The van der Waals surface area contributed by atoms with Gasteiger partial charge in [-0.15, -0.1) is 0 Å². The number of fused-ring (bicyclic) bond motifs is 6. The fourth-order valence-electron chi connectivity index (χ4n) is 4.21. The molecule has 2 N–H and O–H groups in total. The molecule has 1 unspecified atom stereocenters. The van der Waals surface area contributed by atoms with E-state index in [-0.39, 0.29) is 11.5 Å². The maximum atomic E-state index is 12.7. The first-order chi connectivity index (χ1) is 13.5. The first-order valence-electron chi connectivity index (χ1n) is 9.25. The molecule has 0 aromatic heterocycles.